The zero-order chi connectivity index (χ0) is 17.5. The molecule has 1 rings (SSSR count). The van der Waals surface area contributed by atoms with Crippen molar-refractivity contribution in [3.05, 3.63) is 24.3 Å². The van der Waals surface area contributed by atoms with Gasteiger partial charge in [-0.25, -0.2) is 0 Å². The van der Waals surface area contributed by atoms with Crippen LogP contribution in [0.1, 0.15) is 27.2 Å². The summed E-state index contributed by atoms with van der Waals surface area (Å²) in [6.45, 7) is 6.65. The van der Waals surface area contributed by atoms with Crippen molar-refractivity contribution in [1.29, 1.82) is 0 Å². The first kappa shape index (κ1) is 19.5. The molecule has 0 saturated heterocycles. The predicted octanol–water partition coefficient (Wildman–Crippen LogP) is 2.58. The zero-order valence-corrected chi connectivity index (χ0v) is 15.4. The minimum absolute atomic E-state index is 0.0341. The van der Waals surface area contributed by atoms with Gasteiger partial charge in [-0.15, -0.1) is 11.8 Å². The van der Waals surface area contributed by atoms with Crippen LogP contribution in [-0.4, -0.2) is 48.6 Å². The lowest BCUT2D eigenvalue weighted by atomic mass is 10.1. The Morgan fingerprint density at radius 1 is 1.17 bits per heavy atom. The van der Waals surface area contributed by atoms with Crippen molar-refractivity contribution in [1.82, 2.24) is 10.2 Å². The van der Waals surface area contributed by atoms with E-state index in [-0.39, 0.29) is 23.9 Å². The molecule has 6 heteroatoms. The van der Waals surface area contributed by atoms with Gasteiger partial charge in [0.15, 0.2) is 0 Å². The largest absolute Gasteiger partial charge is 0.350 e. The Balaban J connectivity index is 2.39. The van der Waals surface area contributed by atoms with E-state index in [0.29, 0.717) is 13.0 Å². The van der Waals surface area contributed by atoms with Crippen molar-refractivity contribution in [2.45, 2.75) is 37.6 Å². The van der Waals surface area contributed by atoms with Gasteiger partial charge in [0.25, 0.3) is 0 Å². The number of hydrogen-bond acceptors (Lipinski definition) is 4. The highest BCUT2D eigenvalue weighted by atomic mass is 32.2. The molecule has 128 valence electrons. The number of likely N-dealkylation sites (N-methyl/N-ethyl adjacent to an activating group) is 1. The highest BCUT2D eigenvalue weighted by Gasteiger charge is 2.15. The number of benzene rings is 1. The molecule has 0 fully saturated rings. The van der Waals surface area contributed by atoms with Crippen LogP contribution in [0.4, 0.5) is 5.69 Å². The average molecular weight is 337 g/mol. The van der Waals surface area contributed by atoms with Crippen LogP contribution in [0.5, 0.6) is 0 Å². The molecule has 0 bridgehead atoms. The Labute approximate surface area is 143 Å². The first-order valence-electron chi connectivity index (χ1n) is 7.63. The van der Waals surface area contributed by atoms with E-state index in [1.54, 1.807) is 11.8 Å². The van der Waals surface area contributed by atoms with Crippen molar-refractivity contribution < 1.29 is 9.59 Å². The lowest BCUT2D eigenvalue weighted by molar-refractivity contribution is -0.124. The van der Waals surface area contributed by atoms with Gasteiger partial charge in [0.05, 0.1) is 12.2 Å². The fourth-order valence-corrected chi connectivity index (χ4v) is 2.59. The summed E-state index contributed by atoms with van der Waals surface area (Å²) in [5.41, 5.74) is 0.592. The lowest BCUT2D eigenvalue weighted by Gasteiger charge is -2.23. The zero-order valence-electron chi connectivity index (χ0n) is 14.6. The number of thioether (sulfide) groups is 1. The maximum Gasteiger partial charge on any atom is 0.234 e. The number of carbonyl (C=O) groups is 2. The molecular weight excluding hydrogens is 310 g/mol. The number of nitrogens with zero attached hydrogens (tertiary/aromatic N) is 1. The first-order chi connectivity index (χ1) is 10.7. The van der Waals surface area contributed by atoms with Crippen LogP contribution in [0.2, 0.25) is 0 Å². The number of para-hydroxylation sites is 1. The van der Waals surface area contributed by atoms with E-state index in [1.807, 2.05) is 63.2 Å². The molecule has 0 aliphatic heterocycles. The summed E-state index contributed by atoms with van der Waals surface area (Å²) in [5.74, 6) is -0.0808. The highest BCUT2D eigenvalue weighted by Crippen LogP contribution is 2.24. The van der Waals surface area contributed by atoms with Crippen molar-refractivity contribution in [2.24, 2.45) is 0 Å². The summed E-state index contributed by atoms with van der Waals surface area (Å²) in [5, 5.41) is 5.83. The molecule has 5 nitrogen and oxygen atoms in total. The Bertz CT molecular complexity index is 541. The predicted molar refractivity (Wildman–Crippen MR) is 96.9 cm³/mol. The van der Waals surface area contributed by atoms with Gasteiger partial charge in [0.1, 0.15) is 0 Å². The van der Waals surface area contributed by atoms with Crippen molar-refractivity contribution >= 4 is 29.3 Å². The van der Waals surface area contributed by atoms with Crippen LogP contribution >= 0.6 is 11.8 Å². The van der Waals surface area contributed by atoms with Gasteiger partial charge in [0, 0.05) is 23.4 Å². The summed E-state index contributed by atoms with van der Waals surface area (Å²) < 4.78 is 0. The summed E-state index contributed by atoms with van der Waals surface area (Å²) in [6.07, 6.45) is 2.33. The summed E-state index contributed by atoms with van der Waals surface area (Å²) in [7, 11) is 1.84. The van der Waals surface area contributed by atoms with Crippen molar-refractivity contribution in [3.8, 4) is 0 Å². The standard InChI is InChI=1S/C17H27N3O2S/c1-17(2,3)19-16(22)12-20(4)11-10-15(21)18-13-8-6-7-9-14(13)23-5/h6-9H,10-12H2,1-5H3,(H,18,21)(H,19,22). The van der Waals surface area contributed by atoms with Crippen LogP contribution < -0.4 is 10.6 Å². The topological polar surface area (TPSA) is 61.4 Å². The van der Waals surface area contributed by atoms with Crippen molar-refractivity contribution in [3.63, 3.8) is 0 Å². The smallest absolute Gasteiger partial charge is 0.234 e. The minimum Gasteiger partial charge on any atom is -0.350 e. The Morgan fingerprint density at radius 3 is 2.43 bits per heavy atom. The molecule has 0 aliphatic rings. The fourth-order valence-electron chi connectivity index (χ4n) is 2.04. The molecule has 0 atom stereocenters. The minimum atomic E-state index is -0.239. The summed E-state index contributed by atoms with van der Waals surface area (Å²) in [6, 6.07) is 7.72. The number of carbonyl (C=O) groups excluding carboxylic acids is 2. The van der Waals surface area contributed by atoms with Crippen LogP contribution in [-0.2, 0) is 9.59 Å². The SMILES string of the molecule is CSc1ccccc1NC(=O)CCN(C)CC(=O)NC(C)(C)C. The number of rotatable bonds is 7. The number of anilines is 1. The number of hydrogen-bond donors (Lipinski definition) is 2. The Kier molecular flexibility index (Phi) is 7.58. The van der Waals surface area contributed by atoms with Gasteiger partial charge in [-0.3, -0.25) is 14.5 Å². The molecule has 0 unspecified atom stereocenters. The number of nitrogens with one attached hydrogen (secondary N) is 2. The van der Waals surface area contributed by atoms with Crippen LogP contribution in [0.15, 0.2) is 29.2 Å². The van der Waals surface area contributed by atoms with E-state index >= 15 is 0 Å². The molecule has 0 heterocycles. The Hall–Kier alpha value is -1.53. The molecule has 0 saturated carbocycles. The van der Waals surface area contributed by atoms with Crippen LogP contribution in [0.25, 0.3) is 0 Å². The van der Waals surface area contributed by atoms with E-state index in [9.17, 15) is 9.59 Å². The van der Waals surface area contributed by atoms with E-state index < -0.39 is 0 Å². The second kappa shape index (κ2) is 8.93. The molecule has 1 aromatic rings. The van der Waals surface area contributed by atoms with Crippen LogP contribution in [0, 0.1) is 0 Å². The molecule has 2 amide bonds. The molecule has 2 N–H and O–H groups in total. The average Bonchev–Trinajstić information content (AvgIpc) is 2.43. The normalized spacial score (nSPS) is 11.4. The second-order valence-electron chi connectivity index (χ2n) is 6.53. The number of amides is 2. The third-order valence-corrected chi connectivity index (χ3v) is 3.83. The van der Waals surface area contributed by atoms with Crippen LogP contribution in [0.3, 0.4) is 0 Å². The van der Waals surface area contributed by atoms with E-state index in [1.165, 1.54) is 0 Å². The maximum atomic E-state index is 12.1. The quantitative estimate of drug-likeness (QED) is 0.751. The van der Waals surface area contributed by atoms with E-state index in [0.717, 1.165) is 10.6 Å². The third kappa shape index (κ3) is 8.04. The molecule has 0 spiro atoms. The molecule has 1 aromatic carbocycles. The van der Waals surface area contributed by atoms with Gasteiger partial charge in [0.2, 0.25) is 11.8 Å². The lowest BCUT2D eigenvalue weighted by Crippen LogP contribution is -2.45. The van der Waals surface area contributed by atoms with Gasteiger partial charge in [-0.2, -0.15) is 0 Å². The monoisotopic (exact) mass is 337 g/mol. The first-order valence-corrected chi connectivity index (χ1v) is 8.86. The molecule has 0 radical (unpaired) electrons. The third-order valence-electron chi connectivity index (χ3n) is 3.03. The van der Waals surface area contributed by atoms with Gasteiger partial charge >= 0.3 is 0 Å². The Morgan fingerprint density at radius 2 is 1.83 bits per heavy atom. The van der Waals surface area contributed by atoms with E-state index in [2.05, 4.69) is 10.6 Å². The summed E-state index contributed by atoms with van der Waals surface area (Å²) in [4.78, 5) is 26.8. The summed E-state index contributed by atoms with van der Waals surface area (Å²) >= 11 is 1.60. The van der Waals surface area contributed by atoms with Gasteiger partial charge < -0.3 is 10.6 Å². The fraction of sp³-hybridized carbons (Fsp3) is 0.529. The second-order valence-corrected chi connectivity index (χ2v) is 7.38. The molecule has 0 aliphatic carbocycles. The van der Waals surface area contributed by atoms with E-state index in [4.69, 9.17) is 0 Å². The molecular formula is C17H27N3O2S. The highest BCUT2D eigenvalue weighted by molar-refractivity contribution is 7.98. The molecule has 0 aromatic heterocycles. The molecule has 23 heavy (non-hydrogen) atoms. The van der Waals surface area contributed by atoms with Crippen molar-refractivity contribution in [2.75, 3.05) is 31.7 Å². The van der Waals surface area contributed by atoms with Gasteiger partial charge in [-0.1, -0.05) is 12.1 Å². The maximum absolute atomic E-state index is 12.1. The van der Waals surface area contributed by atoms with Gasteiger partial charge in [-0.05, 0) is 46.2 Å².